The van der Waals surface area contributed by atoms with Crippen LogP contribution in [0, 0.1) is 13.8 Å². The first-order valence-electron chi connectivity index (χ1n) is 7.45. The van der Waals surface area contributed by atoms with Crippen molar-refractivity contribution in [2.75, 3.05) is 25.6 Å². The van der Waals surface area contributed by atoms with E-state index in [1.165, 1.54) is 23.3 Å². The number of fused-ring (bicyclic) bond motifs is 1. The molecule has 0 aliphatic carbocycles. The molecule has 3 heterocycles. The number of aromatic nitrogens is 3. The quantitative estimate of drug-likeness (QED) is 0.649. The lowest BCUT2D eigenvalue weighted by Crippen LogP contribution is -2.21. The average molecular weight is 362 g/mol. The number of carbonyl (C=O) groups excluding carboxylic acids is 1. The number of thiophene rings is 1. The number of anilines is 1. The fourth-order valence-electron chi connectivity index (χ4n) is 2.57. The van der Waals surface area contributed by atoms with Gasteiger partial charge in [-0.1, -0.05) is 0 Å². The monoisotopic (exact) mass is 362 g/mol. The molecule has 126 valence electrons. The lowest BCUT2D eigenvalue weighted by Gasteiger charge is -2.18. The molecule has 0 N–H and O–H groups in total. The first kappa shape index (κ1) is 16.8. The summed E-state index contributed by atoms with van der Waals surface area (Å²) in [5.74, 6) is 0.510. The molecule has 3 aromatic heterocycles. The van der Waals surface area contributed by atoms with Crippen LogP contribution in [0.15, 0.2) is 11.8 Å². The van der Waals surface area contributed by atoms with Gasteiger partial charge < -0.3 is 9.64 Å². The van der Waals surface area contributed by atoms with Crippen molar-refractivity contribution < 1.29 is 9.53 Å². The summed E-state index contributed by atoms with van der Waals surface area (Å²) in [5, 5.41) is 0.923. The van der Waals surface area contributed by atoms with Gasteiger partial charge in [-0.15, -0.1) is 22.7 Å². The average Bonchev–Trinajstić information content (AvgIpc) is 3.15. The Kier molecular flexibility index (Phi) is 4.77. The third-order valence-corrected chi connectivity index (χ3v) is 6.13. The van der Waals surface area contributed by atoms with Gasteiger partial charge in [0.1, 0.15) is 21.9 Å². The Morgan fingerprint density at radius 3 is 2.75 bits per heavy atom. The van der Waals surface area contributed by atoms with Crippen molar-refractivity contribution in [2.45, 2.75) is 20.3 Å². The molecule has 0 spiro atoms. The zero-order chi connectivity index (χ0) is 17.3. The Bertz CT molecular complexity index is 887. The van der Waals surface area contributed by atoms with Crippen LogP contribution in [-0.4, -0.2) is 41.6 Å². The van der Waals surface area contributed by atoms with Gasteiger partial charge in [-0.2, -0.15) is 0 Å². The van der Waals surface area contributed by atoms with E-state index < -0.39 is 0 Å². The predicted molar refractivity (Wildman–Crippen MR) is 97.3 cm³/mol. The van der Waals surface area contributed by atoms with Gasteiger partial charge in [-0.25, -0.2) is 19.7 Å². The van der Waals surface area contributed by atoms with Crippen LogP contribution < -0.4 is 4.90 Å². The van der Waals surface area contributed by atoms with Gasteiger partial charge in [0.15, 0.2) is 0 Å². The summed E-state index contributed by atoms with van der Waals surface area (Å²) in [6.07, 6.45) is 2.45. The molecule has 6 nitrogen and oxygen atoms in total. The molecule has 24 heavy (non-hydrogen) atoms. The molecule has 0 amide bonds. The summed E-state index contributed by atoms with van der Waals surface area (Å²) in [7, 11) is 3.40. The van der Waals surface area contributed by atoms with Crippen LogP contribution in [0.1, 0.15) is 25.8 Å². The first-order chi connectivity index (χ1) is 11.5. The molecule has 0 radical (unpaired) electrons. The molecule has 0 bridgehead atoms. The van der Waals surface area contributed by atoms with E-state index in [-0.39, 0.29) is 5.97 Å². The highest BCUT2D eigenvalue weighted by atomic mass is 32.1. The number of methoxy groups -OCH3 is 1. The zero-order valence-electron chi connectivity index (χ0n) is 14.0. The van der Waals surface area contributed by atoms with Crippen molar-refractivity contribution in [1.82, 2.24) is 15.0 Å². The van der Waals surface area contributed by atoms with E-state index in [0.717, 1.165) is 40.3 Å². The number of rotatable bonds is 5. The van der Waals surface area contributed by atoms with E-state index in [2.05, 4.69) is 19.9 Å². The third kappa shape index (κ3) is 2.99. The minimum Gasteiger partial charge on any atom is -0.465 e. The Balaban J connectivity index is 1.92. The minimum absolute atomic E-state index is 0.329. The maximum Gasteiger partial charge on any atom is 0.348 e. The van der Waals surface area contributed by atoms with Gasteiger partial charge in [0, 0.05) is 24.9 Å². The highest BCUT2D eigenvalue weighted by Crippen LogP contribution is 2.34. The van der Waals surface area contributed by atoms with Crippen LogP contribution in [0.2, 0.25) is 0 Å². The Morgan fingerprint density at radius 2 is 2.08 bits per heavy atom. The molecule has 3 rings (SSSR count). The molecular formula is C16H18N4O2S2. The fourth-order valence-corrected chi connectivity index (χ4v) is 4.40. The second kappa shape index (κ2) is 6.82. The summed E-state index contributed by atoms with van der Waals surface area (Å²) in [4.78, 5) is 29.7. The zero-order valence-corrected chi connectivity index (χ0v) is 15.6. The van der Waals surface area contributed by atoms with E-state index in [0.29, 0.717) is 4.88 Å². The third-order valence-electron chi connectivity index (χ3n) is 3.96. The summed E-state index contributed by atoms with van der Waals surface area (Å²) < 4.78 is 4.86. The molecular weight excluding hydrogens is 344 g/mol. The normalized spacial score (nSPS) is 11.0. The molecule has 8 heteroatoms. The van der Waals surface area contributed by atoms with Crippen LogP contribution >= 0.6 is 22.7 Å². The van der Waals surface area contributed by atoms with Crippen molar-refractivity contribution in [1.29, 1.82) is 0 Å². The van der Waals surface area contributed by atoms with Crippen LogP contribution in [0.4, 0.5) is 5.82 Å². The summed E-state index contributed by atoms with van der Waals surface area (Å²) in [6.45, 7) is 4.76. The highest BCUT2D eigenvalue weighted by Gasteiger charge is 2.21. The van der Waals surface area contributed by atoms with E-state index >= 15 is 0 Å². The van der Waals surface area contributed by atoms with E-state index in [4.69, 9.17) is 4.74 Å². The molecule has 0 atom stereocenters. The van der Waals surface area contributed by atoms with Gasteiger partial charge in [-0.3, -0.25) is 0 Å². The summed E-state index contributed by atoms with van der Waals surface area (Å²) in [6, 6.07) is 0. The number of nitrogens with zero attached hydrogens (tertiary/aromatic N) is 4. The van der Waals surface area contributed by atoms with Crippen molar-refractivity contribution in [3.8, 4) is 0 Å². The van der Waals surface area contributed by atoms with E-state index in [1.54, 1.807) is 17.7 Å². The highest BCUT2D eigenvalue weighted by molar-refractivity contribution is 7.20. The number of ether oxygens (including phenoxy) is 1. The van der Waals surface area contributed by atoms with Crippen molar-refractivity contribution >= 4 is 44.7 Å². The number of likely N-dealkylation sites (N-methyl/N-ethyl adjacent to an activating group) is 1. The van der Waals surface area contributed by atoms with E-state index in [9.17, 15) is 4.79 Å². The molecule has 0 aliphatic heterocycles. The van der Waals surface area contributed by atoms with Gasteiger partial charge in [-0.05, 0) is 19.4 Å². The van der Waals surface area contributed by atoms with Gasteiger partial charge in [0.25, 0.3) is 0 Å². The summed E-state index contributed by atoms with van der Waals surface area (Å²) in [5.41, 5.74) is 3.83. The van der Waals surface area contributed by atoms with Gasteiger partial charge >= 0.3 is 5.97 Å². The Hall–Kier alpha value is -2.06. The van der Waals surface area contributed by atoms with Crippen LogP contribution in [0.5, 0.6) is 0 Å². The number of hydrogen-bond donors (Lipinski definition) is 0. The number of thiazole rings is 1. The van der Waals surface area contributed by atoms with Crippen molar-refractivity contribution in [3.63, 3.8) is 0 Å². The molecule has 0 aliphatic rings. The van der Waals surface area contributed by atoms with E-state index in [1.807, 2.05) is 26.4 Å². The number of carbonyl (C=O) groups is 1. The largest absolute Gasteiger partial charge is 0.465 e. The van der Waals surface area contributed by atoms with Crippen molar-refractivity contribution in [2.24, 2.45) is 0 Å². The second-order valence-electron chi connectivity index (χ2n) is 5.46. The van der Waals surface area contributed by atoms with Crippen LogP contribution in [-0.2, 0) is 11.2 Å². The maximum atomic E-state index is 11.9. The second-order valence-corrected chi connectivity index (χ2v) is 7.40. The maximum absolute atomic E-state index is 11.9. The Morgan fingerprint density at radius 1 is 1.29 bits per heavy atom. The van der Waals surface area contributed by atoms with Gasteiger partial charge in [0.05, 0.1) is 23.7 Å². The molecule has 0 saturated heterocycles. The van der Waals surface area contributed by atoms with Crippen LogP contribution in [0.3, 0.4) is 0 Å². The number of esters is 1. The van der Waals surface area contributed by atoms with Crippen molar-refractivity contribution in [3.05, 3.63) is 32.8 Å². The summed E-state index contributed by atoms with van der Waals surface area (Å²) >= 11 is 3.02. The lowest BCUT2D eigenvalue weighted by molar-refractivity contribution is 0.0605. The fraction of sp³-hybridized carbons (Fsp3) is 0.375. The standard InChI is InChI=1S/C16H18N4O2S2/c1-9-12-14(20(3)6-5-11-10(2)19-8-23-11)17-7-18-15(12)24-13(9)16(21)22-4/h7-8H,5-6H2,1-4H3. The first-order valence-corrected chi connectivity index (χ1v) is 9.15. The number of aryl methyl sites for hydroxylation is 2. The van der Waals surface area contributed by atoms with Crippen LogP contribution in [0.25, 0.3) is 10.2 Å². The molecule has 0 unspecified atom stereocenters. The SMILES string of the molecule is COC(=O)c1sc2ncnc(N(C)CCc3scnc3C)c2c1C. The number of hydrogen-bond acceptors (Lipinski definition) is 8. The topological polar surface area (TPSA) is 68.2 Å². The Labute approximate surface area is 148 Å². The molecule has 3 aromatic rings. The predicted octanol–water partition coefficient (Wildman–Crippen LogP) is 3.23. The lowest BCUT2D eigenvalue weighted by atomic mass is 10.2. The smallest absolute Gasteiger partial charge is 0.348 e. The van der Waals surface area contributed by atoms with Gasteiger partial charge in [0.2, 0.25) is 0 Å². The molecule has 0 fully saturated rings. The molecule has 0 aromatic carbocycles. The molecule has 0 saturated carbocycles. The minimum atomic E-state index is -0.329.